The number of halogens is 1. The van der Waals surface area contributed by atoms with Gasteiger partial charge in [-0.2, -0.15) is 0 Å². The monoisotopic (exact) mass is 456 g/mol. The molecule has 0 bridgehead atoms. The minimum Gasteiger partial charge on any atom is -0.351 e. The summed E-state index contributed by atoms with van der Waals surface area (Å²) in [5, 5.41) is 9.43. The predicted molar refractivity (Wildman–Crippen MR) is 127 cm³/mol. The molecular formula is C22H21ClN4OS2. The number of hydrogen-bond acceptors (Lipinski definition) is 4. The normalized spacial score (nSPS) is 18.5. The molecule has 1 aliphatic heterocycles. The molecule has 154 valence electrons. The van der Waals surface area contributed by atoms with Crippen molar-refractivity contribution >= 4 is 57.5 Å². The third-order valence-electron chi connectivity index (χ3n) is 4.95. The Morgan fingerprint density at radius 3 is 2.73 bits per heavy atom. The van der Waals surface area contributed by atoms with Crippen LogP contribution in [0.5, 0.6) is 0 Å². The van der Waals surface area contributed by atoms with Gasteiger partial charge >= 0.3 is 0 Å². The first-order chi connectivity index (χ1) is 14.5. The van der Waals surface area contributed by atoms with Crippen LogP contribution in [0.25, 0.3) is 0 Å². The maximum absolute atomic E-state index is 12.0. The lowest BCUT2D eigenvalue weighted by Crippen LogP contribution is -2.29. The van der Waals surface area contributed by atoms with Gasteiger partial charge in [-0.25, -0.2) is 0 Å². The van der Waals surface area contributed by atoms with Crippen molar-refractivity contribution in [1.29, 1.82) is 0 Å². The molecule has 1 aliphatic rings. The van der Waals surface area contributed by atoms with Crippen LogP contribution in [-0.4, -0.2) is 16.0 Å². The average molecular weight is 457 g/mol. The van der Waals surface area contributed by atoms with Crippen molar-refractivity contribution in [1.82, 2.24) is 10.3 Å². The van der Waals surface area contributed by atoms with Gasteiger partial charge in [-0.15, -0.1) is 11.3 Å². The van der Waals surface area contributed by atoms with Crippen molar-refractivity contribution in [2.75, 3.05) is 10.2 Å². The van der Waals surface area contributed by atoms with Crippen LogP contribution in [0, 0.1) is 5.92 Å². The maximum Gasteiger partial charge on any atom is 0.226 e. The quantitative estimate of drug-likeness (QED) is 0.491. The Morgan fingerprint density at radius 2 is 2.10 bits per heavy atom. The van der Waals surface area contributed by atoms with Crippen molar-refractivity contribution in [3.8, 4) is 0 Å². The van der Waals surface area contributed by atoms with Crippen LogP contribution in [-0.2, 0) is 4.79 Å². The molecule has 0 unspecified atom stereocenters. The summed E-state index contributed by atoms with van der Waals surface area (Å²) in [6, 6.07) is 15.5. The van der Waals surface area contributed by atoms with E-state index >= 15 is 0 Å². The zero-order valence-electron chi connectivity index (χ0n) is 16.5. The van der Waals surface area contributed by atoms with Crippen molar-refractivity contribution in [2.24, 2.45) is 5.92 Å². The second-order valence-electron chi connectivity index (χ2n) is 7.32. The van der Waals surface area contributed by atoms with Gasteiger partial charge in [0.2, 0.25) is 5.91 Å². The number of benzene rings is 1. The summed E-state index contributed by atoms with van der Waals surface area (Å²) in [6.45, 7) is 3.69. The summed E-state index contributed by atoms with van der Waals surface area (Å²) in [5.74, 6) is -0.201. The number of amides is 1. The molecule has 30 heavy (non-hydrogen) atoms. The number of carbonyl (C=O) groups is 1. The lowest BCUT2D eigenvalue weighted by atomic mass is 10.0. The van der Waals surface area contributed by atoms with Gasteiger partial charge in [0.25, 0.3) is 0 Å². The molecule has 0 aliphatic carbocycles. The third kappa shape index (κ3) is 4.05. The van der Waals surface area contributed by atoms with Gasteiger partial charge in [0.1, 0.15) is 0 Å². The fraction of sp³-hybridized carbons (Fsp3) is 0.227. The molecule has 2 atom stereocenters. The first-order valence-electron chi connectivity index (χ1n) is 9.60. The summed E-state index contributed by atoms with van der Waals surface area (Å²) in [4.78, 5) is 19.8. The molecule has 1 saturated heterocycles. The van der Waals surface area contributed by atoms with E-state index in [-0.39, 0.29) is 23.9 Å². The molecule has 4 rings (SSSR count). The summed E-state index contributed by atoms with van der Waals surface area (Å²) in [7, 11) is 0. The van der Waals surface area contributed by atoms with Crippen molar-refractivity contribution in [3.63, 3.8) is 0 Å². The number of carbonyl (C=O) groups excluding carboxylic acids is 1. The molecule has 2 N–H and O–H groups in total. The molecule has 8 heteroatoms. The minimum atomic E-state index is -0.126. The van der Waals surface area contributed by atoms with Crippen molar-refractivity contribution in [2.45, 2.75) is 25.9 Å². The fourth-order valence-electron chi connectivity index (χ4n) is 3.41. The Balaban J connectivity index is 1.71. The number of pyridine rings is 1. The fourth-order valence-corrected chi connectivity index (χ4v) is 4.83. The van der Waals surface area contributed by atoms with Crippen LogP contribution in [0.15, 0.2) is 60.1 Å². The van der Waals surface area contributed by atoms with E-state index in [1.807, 2.05) is 56.3 Å². The van der Waals surface area contributed by atoms with Crippen LogP contribution in [0.4, 0.5) is 11.4 Å². The Morgan fingerprint density at radius 1 is 1.27 bits per heavy atom. The summed E-state index contributed by atoms with van der Waals surface area (Å²) in [6.07, 6.45) is 1.79. The van der Waals surface area contributed by atoms with Gasteiger partial charge < -0.3 is 15.5 Å². The van der Waals surface area contributed by atoms with E-state index in [2.05, 4.69) is 32.0 Å². The summed E-state index contributed by atoms with van der Waals surface area (Å²) < 4.78 is 0. The van der Waals surface area contributed by atoms with Gasteiger partial charge in [0.05, 0.1) is 28.5 Å². The van der Waals surface area contributed by atoms with Crippen LogP contribution >= 0.6 is 35.2 Å². The van der Waals surface area contributed by atoms with Crippen molar-refractivity contribution < 1.29 is 4.79 Å². The molecule has 0 spiro atoms. The highest BCUT2D eigenvalue weighted by Crippen LogP contribution is 2.44. The zero-order valence-corrected chi connectivity index (χ0v) is 18.9. The second kappa shape index (κ2) is 8.71. The molecule has 2 aromatic heterocycles. The molecule has 0 saturated carbocycles. The number of rotatable bonds is 5. The average Bonchev–Trinajstić information content (AvgIpc) is 3.37. The van der Waals surface area contributed by atoms with E-state index in [1.165, 1.54) is 4.88 Å². The van der Waals surface area contributed by atoms with E-state index in [4.69, 9.17) is 23.8 Å². The molecule has 1 amide bonds. The van der Waals surface area contributed by atoms with Crippen LogP contribution in [0.1, 0.15) is 36.5 Å². The maximum atomic E-state index is 12.0. The number of nitrogens with zero attached hydrogens (tertiary/aromatic N) is 2. The highest BCUT2D eigenvalue weighted by atomic mass is 35.5. The zero-order chi connectivity index (χ0) is 21.3. The van der Waals surface area contributed by atoms with Gasteiger partial charge in [-0.05, 0) is 54.0 Å². The minimum absolute atomic E-state index is 0.0560. The third-order valence-corrected chi connectivity index (χ3v) is 6.52. The summed E-state index contributed by atoms with van der Waals surface area (Å²) >= 11 is 13.9. The topological polar surface area (TPSA) is 57.3 Å². The van der Waals surface area contributed by atoms with Gasteiger partial charge in [-0.3, -0.25) is 9.78 Å². The standard InChI is InChI=1S/C22H21ClN4OS2/c1-13(2)21(28)25-16-9-8-14(12-15(16)23)27-20(18-7-5-11-30-18)19(26-22(27)29)17-6-3-4-10-24-17/h3-13,19-20H,1-2H3,(H,25,28)(H,26,29)/t19-,20+/m1/s1. The molecule has 3 aromatic rings. The lowest BCUT2D eigenvalue weighted by Gasteiger charge is -2.27. The number of thiocarbonyl (C=S) groups is 1. The smallest absolute Gasteiger partial charge is 0.226 e. The molecule has 5 nitrogen and oxygen atoms in total. The lowest BCUT2D eigenvalue weighted by molar-refractivity contribution is -0.118. The Kier molecular flexibility index (Phi) is 6.04. The first-order valence-corrected chi connectivity index (χ1v) is 11.3. The Hall–Kier alpha value is -2.48. The van der Waals surface area contributed by atoms with E-state index < -0.39 is 0 Å². The largest absolute Gasteiger partial charge is 0.351 e. The van der Waals surface area contributed by atoms with Gasteiger partial charge in [0.15, 0.2) is 5.11 Å². The second-order valence-corrected chi connectivity index (χ2v) is 9.09. The number of anilines is 2. The van der Waals surface area contributed by atoms with Crippen LogP contribution < -0.4 is 15.5 Å². The first kappa shape index (κ1) is 20.8. The molecular weight excluding hydrogens is 436 g/mol. The van der Waals surface area contributed by atoms with Gasteiger partial charge in [0, 0.05) is 22.7 Å². The highest BCUT2D eigenvalue weighted by molar-refractivity contribution is 7.80. The SMILES string of the molecule is CC(C)C(=O)Nc1ccc(N2C(=S)N[C@H](c3ccccn3)[C@@H]2c2cccs2)cc1Cl. The molecule has 1 aromatic carbocycles. The molecule has 1 fully saturated rings. The van der Waals surface area contributed by atoms with Crippen molar-refractivity contribution in [3.05, 3.63) is 75.7 Å². The van der Waals surface area contributed by atoms with E-state index in [1.54, 1.807) is 17.5 Å². The summed E-state index contributed by atoms with van der Waals surface area (Å²) in [5.41, 5.74) is 2.37. The van der Waals surface area contributed by atoms with Crippen LogP contribution in [0.3, 0.4) is 0 Å². The van der Waals surface area contributed by atoms with Gasteiger partial charge in [-0.1, -0.05) is 37.6 Å². The van der Waals surface area contributed by atoms with E-state index in [0.717, 1.165) is 11.4 Å². The number of aromatic nitrogens is 1. The van der Waals surface area contributed by atoms with Crippen LogP contribution in [0.2, 0.25) is 5.02 Å². The van der Waals surface area contributed by atoms with E-state index in [9.17, 15) is 4.79 Å². The predicted octanol–water partition coefficient (Wildman–Crippen LogP) is 5.57. The number of thiophene rings is 1. The number of nitrogens with one attached hydrogen (secondary N) is 2. The molecule has 0 radical (unpaired) electrons. The number of hydrogen-bond donors (Lipinski definition) is 2. The Bertz CT molecular complexity index is 1060. The molecule has 3 heterocycles. The van der Waals surface area contributed by atoms with E-state index in [0.29, 0.717) is 15.8 Å². The Labute approximate surface area is 190 Å². The highest BCUT2D eigenvalue weighted by Gasteiger charge is 2.41.